The van der Waals surface area contributed by atoms with Crippen LogP contribution in [0.5, 0.6) is 0 Å². The van der Waals surface area contributed by atoms with E-state index < -0.39 is 17.6 Å². The molecule has 2 saturated carbocycles. The van der Waals surface area contributed by atoms with E-state index in [1.54, 1.807) is 18.0 Å². The summed E-state index contributed by atoms with van der Waals surface area (Å²) in [6.45, 7) is 3.89. The number of pyridine rings is 1. The molecular weight excluding hydrogens is 461 g/mol. The third-order valence-corrected chi connectivity index (χ3v) is 7.32. The monoisotopic (exact) mass is 484 g/mol. The van der Waals surface area contributed by atoms with Crippen molar-refractivity contribution in [2.24, 2.45) is 11.8 Å². The number of hydrogen-bond donors (Lipinski definition) is 0. The van der Waals surface area contributed by atoms with Crippen LogP contribution in [0.15, 0.2) is 12.3 Å². The van der Waals surface area contributed by atoms with Gasteiger partial charge in [0.1, 0.15) is 5.15 Å². The molecule has 0 spiro atoms. The molecule has 7 nitrogen and oxygen atoms in total. The summed E-state index contributed by atoms with van der Waals surface area (Å²) in [5, 5.41) is -0.137. The Morgan fingerprint density at radius 3 is 2.58 bits per heavy atom. The smallest absolute Gasteiger partial charge is 0.381 e. The van der Waals surface area contributed by atoms with Crippen molar-refractivity contribution in [2.75, 3.05) is 32.8 Å². The Morgan fingerprint density at radius 2 is 2.00 bits per heavy atom. The van der Waals surface area contributed by atoms with Gasteiger partial charge in [-0.3, -0.25) is 14.0 Å². The average molecular weight is 485 g/mol. The van der Waals surface area contributed by atoms with Gasteiger partial charge in [-0.1, -0.05) is 11.6 Å². The number of carbonyl (C=O) groups is 2. The molecule has 33 heavy (non-hydrogen) atoms. The summed E-state index contributed by atoms with van der Waals surface area (Å²) >= 11 is 6.39. The SMILES string of the molecule is CCN(CCN(C=O)C1C2COC[C@@H]21)C(=O)c1nc2c(C(F)(F)F)cc(C3CC3)cn2c1Cl. The number of alkyl halides is 3. The van der Waals surface area contributed by atoms with Crippen LogP contribution < -0.4 is 0 Å². The summed E-state index contributed by atoms with van der Waals surface area (Å²) in [5.74, 6) is 0.199. The van der Waals surface area contributed by atoms with Gasteiger partial charge in [-0.15, -0.1) is 0 Å². The second-order valence-corrected chi connectivity index (χ2v) is 9.35. The quantitative estimate of drug-likeness (QED) is 0.538. The van der Waals surface area contributed by atoms with Crippen molar-refractivity contribution in [3.05, 3.63) is 34.2 Å². The Bertz CT molecular complexity index is 1090. The van der Waals surface area contributed by atoms with Crippen molar-refractivity contribution in [3.63, 3.8) is 0 Å². The van der Waals surface area contributed by atoms with Gasteiger partial charge < -0.3 is 14.5 Å². The Hall–Kier alpha value is -2.33. The number of halogens is 4. The van der Waals surface area contributed by atoms with Crippen LogP contribution in [0.25, 0.3) is 5.65 Å². The number of aromatic nitrogens is 2. The first-order chi connectivity index (χ1) is 15.7. The molecule has 2 amide bonds. The van der Waals surface area contributed by atoms with Crippen molar-refractivity contribution in [3.8, 4) is 0 Å². The second kappa shape index (κ2) is 8.16. The predicted octanol–water partition coefficient (Wildman–Crippen LogP) is 3.45. The third-order valence-electron chi connectivity index (χ3n) is 6.96. The number of rotatable bonds is 8. The Labute approximate surface area is 193 Å². The number of fused-ring (bicyclic) bond motifs is 2. The molecule has 3 fully saturated rings. The summed E-state index contributed by atoms with van der Waals surface area (Å²) < 4.78 is 47.7. The van der Waals surface area contributed by atoms with Gasteiger partial charge in [-0.25, -0.2) is 4.98 Å². The fraction of sp³-hybridized carbons (Fsp3) is 0.591. The maximum absolute atomic E-state index is 13.7. The van der Waals surface area contributed by atoms with Gasteiger partial charge in [0.25, 0.3) is 5.91 Å². The van der Waals surface area contributed by atoms with Gasteiger partial charge in [0.05, 0.1) is 18.8 Å². The van der Waals surface area contributed by atoms with Crippen molar-refractivity contribution in [2.45, 2.75) is 37.9 Å². The standard InChI is InChI=1S/C22H24ClF3N4O3/c1-2-28(5-6-29(11-31)18-14-9-33-10-15(14)18)21(32)17-19(23)30-8-13(12-3-4-12)7-16(20(30)27-17)22(24,25)26/h7-8,11-12,14-15,18H,2-6,9-10H2,1H3/t14-,15?,18?/m0/s1. The lowest BCUT2D eigenvalue weighted by Gasteiger charge is -2.25. The van der Waals surface area contributed by atoms with Crippen LogP contribution in [-0.4, -0.2) is 70.4 Å². The van der Waals surface area contributed by atoms with E-state index in [2.05, 4.69) is 4.98 Å². The van der Waals surface area contributed by atoms with Crippen molar-refractivity contribution in [1.29, 1.82) is 0 Å². The van der Waals surface area contributed by atoms with Gasteiger partial charge in [0.2, 0.25) is 6.41 Å². The summed E-state index contributed by atoms with van der Waals surface area (Å²) in [4.78, 5) is 32.0. The maximum atomic E-state index is 13.7. The van der Waals surface area contributed by atoms with E-state index in [1.807, 2.05) is 0 Å². The summed E-state index contributed by atoms with van der Waals surface area (Å²) in [6.07, 6.45) is -0.637. The van der Waals surface area contributed by atoms with E-state index in [-0.39, 0.29) is 35.0 Å². The summed E-state index contributed by atoms with van der Waals surface area (Å²) in [6, 6.07) is 1.24. The fourth-order valence-corrected chi connectivity index (χ4v) is 5.14. The Morgan fingerprint density at radius 1 is 1.30 bits per heavy atom. The van der Waals surface area contributed by atoms with E-state index >= 15 is 0 Å². The highest BCUT2D eigenvalue weighted by Crippen LogP contribution is 2.47. The van der Waals surface area contributed by atoms with Gasteiger partial charge in [-0.2, -0.15) is 13.2 Å². The minimum absolute atomic E-state index is 0.0712. The van der Waals surface area contributed by atoms with Crippen LogP contribution in [0.3, 0.4) is 0 Å². The average Bonchev–Trinajstić information content (AvgIpc) is 3.67. The third kappa shape index (κ3) is 3.97. The first kappa shape index (κ1) is 22.5. The molecular formula is C22H24ClF3N4O3. The summed E-state index contributed by atoms with van der Waals surface area (Å²) in [7, 11) is 0. The zero-order valence-electron chi connectivity index (χ0n) is 18.0. The van der Waals surface area contributed by atoms with E-state index in [0.717, 1.165) is 25.3 Å². The van der Waals surface area contributed by atoms with Gasteiger partial charge in [-0.05, 0) is 37.3 Å². The van der Waals surface area contributed by atoms with Crippen LogP contribution in [0.1, 0.15) is 47.3 Å². The molecule has 1 saturated heterocycles. The number of carbonyl (C=O) groups excluding carboxylic acids is 2. The van der Waals surface area contributed by atoms with Gasteiger partial charge in [0.15, 0.2) is 11.3 Å². The molecule has 0 N–H and O–H groups in total. The zero-order valence-corrected chi connectivity index (χ0v) is 18.8. The molecule has 5 rings (SSSR count). The number of amides is 2. The number of imidazole rings is 1. The molecule has 11 heteroatoms. The van der Waals surface area contributed by atoms with E-state index in [0.29, 0.717) is 43.7 Å². The molecule has 2 aromatic rings. The zero-order chi connectivity index (χ0) is 23.5. The highest BCUT2D eigenvalue weighted by atomic mass is 35.5. The lowest BCUT2D eigenvalue weighted by atomic mass is 10.1. The van der Waals surface area contributed by atoms with Crippen molar-refractivity contribution < 1.29 is 27.5 Å². The van der Waals surface area contributed by atoms with Crippen LogP contribution in [0.4, 0.5) is 13.2 Å². The van der Waals surface area contributed by atoms with Crippen LogP contribution in [0, 0.1) is 11.8 Å². The first-order valence-electron chi connectivity index (χ1n) is 11.1. The maximum Gasteiger partial charge on any atom is 0.419 e. The molecule has 2 aliphatic carbocycles. The highest BCUT2D eigenvalue weighted by Gasteiger charge is 2.56. The topological polar surface area (TPSA) is 67.2 Å². The van der Waals surface area contributed by atoms with Crippen molar-refractivity contribution >= 4 is 29.6 Å². The van der Waals surface area contributed by atoms with Gasteiger partial charge >= 0.3 is 6.18 Å². The van der Waals surface area contributed by atoms with Crippen molar-refractivity contribution in [1.82, 2.24) is 19.2 Å². The number of likely N-dealkylation sites (N-methyl/N-ethyl adjacent to an activating group) is 1. The van der Waals surface area contributed by atoms with Crippen LogP contribution in [0.2, 0.25) is 5.15 Å². The lowest BCUT2D eigenvalue weighted by molar-refractivity contribution is -0.136. The second-order valence-electron chi connectivity index (χ2n) is 8.99. The van der Waals surface area contributed by atoms with E-state index in [9.17, 15) is 22.8 Å². The largest absolute Gasteiger partial charge is 0.419 e. The molecule has 0 aromatic carbocycles. The normalized spacial score (nSPS) is 24.1. The molecule has 178 valence electrons. The highest BCUT2D eigenvalue weighted by molar-refractivity contribution is 6.33. The minimum atomic E-state index is -4.62. The molecule has 2 unspecified atom stereocenters. The number of hydrogen-bond acceptors (Lipinski definition) is 4. The summed E-state index contributed by atoms with van der Waals surface area (Å²) in [5.41, 5.74) is -0.950. The number of ether oxygens (including phenoxy) is 1. The molecule has 0 radical (unpaired) electrons. The molecule has 3 atom stereocenters. The van der Waals surface area contributed by atoms with Gasteiger partial charge in [0, 0.05) is 43.7 Å². The van der Waals surface area contributed by atoms with E-state index in [4.69, 9.17) is 16.3 Å². The predicted molar refractivity (Wildman–Crippen MR) is 113 cm³/mol. The first-order valence-corrected chi connectivity index (χ1v) is 11.5. The number of nitrogens with zero attached hydrogens (tertiary/aromatic N) is 4. The fourth-order valence-electron chi connectivity index (χ4n) is 4.89. The lowest BCUT2D eigenvalue weighted by Crippen LogP contribution is -2.40. The molecule has 1 aliphatic heterocycles. The molecule has 2 aromatic heterocycles. The minimum Gasteiger partial charge on any atom is -0.381 e. The van der Waals surface area contributed by atoms with Crippen LogP contribution >= 0.6 is 11.6 Å². The molecule has 3 aliphatic rings. The van der Waals surface area contributed by atoms with E-state index in [1.165, 1.54) is 9.30 Å². The van der Waals surface area contributed by atoms with Crippen LogP contribution in [-0.2, 0) is 15.7 Å². The molecule has 3 heterocycles. The Balaban J connectivity index is 1.39. The Kier molecular flexibility index (Phi) is 5.55. The molecule has 0 bridgehead atoms.